The lowest BCUT2D eigenvalue weighted by molar-refractivity contribution is 0.0468. The Morgan fingerprint density at radius 2 is 1.32 bits per heavy atom. The van der Waals surface area contributed by atoms with Crippen LogP contribution in [-0.2, 0) is 18.0 Å². The van der Waals surface area contributed by atoms with Crippen LogP contribution in [0.2, 0.25) is 0 Å². The van der Waals surface area contributed by atoms with E-state index in [1.165, 1.54) is 0 Å². The molecule has 0 N–H and O–H groups in total. The predicted molar refractivity (Wildman–Crippen MR) is 122 cm³/mol. The number of esters is 1. The van der Waals surface area contributed by atoms with Crippen LogP contribution < -0.4 is 14.2 Å². The molecular formula is C25H26O5S. The SMILES string of the molecule is CCSc1cc(OCc2ccc(OC)cc2)ccc1C(=O)OCc1ccc(OC)cc1. The highest BCUT2D eigenvalue weighted by Crippen LogP contribution is 2.29. The van der Waals surface area contributed by atoms with E-state index in [0.717, 1.165) is 33.3 Å². The van der Waals surface area contributed by atoms with E-state index in [9.17, 15) is 4.79 Å². The molecule has 0 atom stereocenters. The van der Waals surface area contributed by atoms with Crippen LogP contribution in [0.15, 0.2) is 71.6 Å². The van der Waals surface area contributed by atoms with Crippen molar-refractivity contribution in [2.45, 2.75) is 25.0 Å². The quantitative estimate of drug-likeness (QED) is 0.297. The van der Waals surface area contributed by atoms with E-state index in [4.69, 9.17) is 18.9 Å². The van der Waals surface area contributed by atoms with Crippen molar-refractivity contribution in [3.8, 4) is 17.2 Å². The molecule has 0 saturated carbocycles. The Morgan fingerprint density at radius 1 is 0.774 bits per heavy atom. The molecule has 0 amide bonds. The van der Waals surface area contributed by atoms with Gasteiger partial charge in [-0.2, -0.15) is 0 Å². The number of methoxy groups -OCH3 is 2. The molecule has 3 rings (SSSR count). The Bertz CT molecular complexity index is 984. The third kappa shape index (κ3) is 6.43. The molecular weight excluding hydrogens is 412 g/mol. The molecule has 0 bridgehead atoms. The second kappa shape index (κ2) is 11.3. The number of hydrogen-bond acceptors (Lipinski definition) is 6. The number of thioether (sulfide) groups is 1. The summed E-state index contributed by atoms with van der Waals surface area (Å²) in [6, 6.07) is 20.6. The molecule has 3 aromatic carbocycles. The van der Waals surface area contributed by atoms with Crippen molar-refractivity contribution >= 4 is 17.7 Å². The number of hydrogen-bond donors (Lipinski definition) is 0. The monoisotopic (exact) mass is 438 g/mol. The van der Waals surface area contributed by atoms with Crippen molar-refractivity contribution < 1.29 is 23.7 Å². The Kier molecular flexibility index (Phi) is 8.24. The van der Waals surface area contributed by atoms with Gasteiger partial charge in [0, 0.05) is 4.90 Å². The topological polar surface area (TPSA) is 54.0 Å². The summed E-state index contributed by atoms with van der Waals surface area (Å²) < 4.78 is 21.8. The fourth-order valence-electron chi connectivity index (χ4n) is 2.87. The predicted octanol–water partition coefficient (Wildman–Crippen LogP) is 5.75. The summed E-state index contributed by atoms with van der Waals surface area (Å²) in [5.74, 6) is 2.76. The summed E-state index contributed by atoms with van der Waals surface area (Å²) in [5.41, 5.74) is 2.48. The number of carbonyl (C=O) groups is 1. The van der Waals surface area contributed by atoms with Crippen LogP contribution >= 0.6 is 11.8 Å². The van der Waals surface area contributed by atoms with Gasteiger partial charge in [0.05, 0.1) is 19.8 Å². The highest BCUT2D eigenvalue weighted by atomic mass is 32.2. The van der Waals surface area contributed by atoms with Crippen molar-refractivity contribution in [2.24, 2.45) is 0 Å². The fourth-order valence-corrected chi connectivity index (χ4v) is 3.69. The first kappa shape index (κ1) is 22.6. The van der Waals surface area contributed by atoms with Crippen LogP contribution in [0.25, 0.3) is 0 Å². The molecule has 0 aromatic heterocycles. The van der Waals surface area contributed by atoms with E-state index < -0.39 is 0 Å². The maximum atomic E-state index is 12.7. The molecule has 0 spiro atoms. The van der Waals surface area contributed by atoms with Gasteiger partial charge < -0.3 is 18.9 Å². The van der Waals surface area contributed by atoms with E-state index in [-0.39, 0.29) is 12.6 Å². The Hall–Kier alpha value is -3.12. The van der Waals surface area contributed by atoms with Crippen molar-refractivity contribution in [1.29, 1.82) is 0 Å². The molecule has 0 radical (unpaired) electrons. The van der Waals surface area contributed by atoms with Crippen LogP contribution in [0, 0.1) is 0 Å². The van der Waals surface area contributed by atoms with Gasteiger partial charge in [-0.15, -0.1) is 11.8 Å². The molecule has 31 heavy (non-hydrogen) atoms. The molecule has 6 heteroatoms. The lowest BCUT2D eigenvalue weighted by atomic mass is 10.2. The second-order valence-corrected chi connectivity index (χ2v) is 7.96. The van der Waals surface area contributed by atoms with Crippen LogP contribution in [0.5, 0.6) is 17.2 Å². The van der Waals surface area contributed by atoms with Crippen LogP contribution in [-0.4, -0.2) is 25.9 Å². The maximum absolute atomic E-state index is 12.7. The first-order chi connectivity index (χ1) is 15.1. The number of benzene rings is 3. The molecule has 0 saturated heterocycles. The molecule has 5 nitrogen and oxygen atoms in total. The van der Waals surface area contributed by atoms with Gasteiger partial charge in [-0.3, -0.25) is 0 Å². The second-order valence-electron chi connectivity index (χ2n) is 6.65. The molecule has 0 heterocycles. The smallest absolute Gasteiger partial charge is 0.339 e. The molecule has 3 aromatic rings. The van der Waals surface area contributed by atoms with Crippen molar-refractivity contribution in [3.05, 3.63) is 83.4 Å². The van der Waals surface area contributed by atoms with Crippen LogP contribution in [0.1, 0.15) is 28.4 Å². The highest BCUT2D eigenvalue weighted by molar-refractivity contribution is 7.99. The average molecular weight is 439 g/mol. The van der Waals surface area contributed by atoms with Gasteiger partial charge in [0.25, 0.3) is 0 Å². The van der Waals surface area contributed by atoms with Crippen molar-refractivity contribution in [3.63, 3.8) is 0 Å². The van der Waals surface area contributed by atoms with E-state index >= 15 is 0 Å². The van der Waals surface area contributed by atoms with Gasteiger partial charge in [0.1, 0.15) is 30.5 Å². The van der Waals surface area contributed by atoms with Gasteiger partial charge in [-0.05, 0) is 59.3 Å². The average Bonchev–Trinajstić information content (AvgIpc) is 2.82. The largest absolute Gasteiger partial charge is 0.497 e. The highest BCUT2D eigenvalue weighted by Gasteiger charge is 2.15. The maximum Gasteiger partial charge on any atom is 0.339 e. The normalized spacial score (nSPS) is 10.4. The summed E-state index contributed by atoms with van der Waals surface area (Å²) in [6.07, 6.45) is 0. The first-order valence-corrected chi connectivity index (χ1v) is 10.9. The Balaban J connectivity index is 1.64. The van der Waals surface area contributed by atoms with E-state index in [0.29, 0.717) is 17.9 Å². The summed E-state index contributed by atoms with van der Waals surface area (Å²) in [7, 11) is 3.26. The molecule has 0 fully saturated rings. The summed E-state index contributed by atoms with van der Waals surface area (Å²) >= 11 is 1.58. The minimum atomic E-state index is -0.353. The lowest BCUT2D eigenvalue weighted by Gasteiger charge is -2.12. The number of ether oxygens (including phenoxy) is 4. The first-order valence-electron chi connectivity index (χ1n) is 9.95. The minimum Gasteiger partial charge on any atom is -0.497 e. The minimum absolute atomic E-state index is 0.203. The third-order valence-electron chi connectivity index (χ3n) is 4.57. The van der Waals surface area contributed by atoms with Gasteiger partial charge in [-0.1, -0.05) is 31.2 Å². The van der Waals surface area contributed by atoms with E-state index in [2.05, 4.69) is 0 Å². The molecule has 0 aliphatic heterocycles. The summed E-state index contributed by atoms with van der Waals surface area (Å²) in [5, 5.41) is 0. The lowest BCUT2D eigenvalue weighted by Crippen LogP contribution is -2.07. The Labute approximate surface area is 187 Å². The number of carbonyl (C=O) groups excluding carboxylic acids is 1. The van der Waals surface area contributed by atoms with Gasteiger partial charge in [0.2, 0.25) is 0 Å². The number of rotatable bonds is 10. The van der Waals surface area contributed by atoms with Gasteiger partial charge >= 0.3 is 5.97 Å². The molecule has 0 aliphatic rings. The third-order valence-corrected chi connectivity index (χ3v) is 5.50. The van der Waals surface area contributed by atoms with Gasteiger partial charge in [-0.25, -0.2) is 4.79 Å². The summed E-state index contributed by atoms with van der Waals surface area (Å²) in [6.45, 7) is 2.68. The molecule has 0 aliphatic carbocycles. The Morgan fingerprint density at radius 3 is 1.87 bits per heavy atom. The zero-order valence-corrected chi connectivity index (χ0v) is 18.7. The van der Waals surface area contributed by atoms with Gasteiger partial charge in [0.15, 0.2) is 0 Å². The fraction of sp³-hybridized carbons (Fsp3) is 0.240. The van der Waals surface area contributed by atoms with Crippen LogP contribution in [0.4, 0.5) is 0 Å². The standard InChI is InChI=1S/C25H26O5S/c1-4-31-24-15-22(29-16-18-5-9-20(27-2)10-6-18)13-14-23(24)25(26)30-17-19-7-11-21(28-3)12-8-19/h5-15H,4,16-17H2,1-3H3. The van der Waals surface area contributed by atoms with Crippen molar-refractivity contribution in [2.75, 3.05) is 20.0 Å². The zero-order valence-electron chi connectivity index (χ0n) is 17.9. The van der Waals surface area contributed by atoms with E-state index in [1.54, 1.807) is 38.1 Å². The summed E-state index contributed by atoms with van der Waals surface area (Å²) in [4.78, 5) is 13.5. The molecule has 0 unspecified atom stereocenters. The molecule has 162 valence electrons. The van der Waals surface area contributed by atoms with Crippen LogP contribution in [0.3, 0.4) is 0 Å². The van der Waals surface area contributed by atoms with E-state index in [1.807, 2.05) is 61.5 Å². The zero-order chi connectivity index (χ0) is 22.1. The van der Waals surface area contributed by atoms with Crippen molar-refractivity contribution in [1.82, 2.24) is 0 Å².